The van der Waals surface area contributed by atoms with Crippen LogP contribution in [-0.2, 0) is 6.54 Å². The van der Waals surface area contributed by atoms with Gasteiger partial charge < -0.3 is 10.2 Å². The zero-order valence-electron chi connectivity index (χ0n) is 17.3. The molecule has 1 aromatic heterocycles. The molecule has 30 heavy (non-hydrogen) atoms. The quantitative estimate of drug-likeness (QED) is 0.682. The normalized spacial score (nSPS) is 14.3. The van der Waals surface area contributed by atoms with Crippen molar-refractivity contribution in [1.29, 1.82) is 0 Å². The molecule has 1 saturated heterocycles. The number of thioether (sulfide) groups is 1. The first kappa shape index (κ1) is 20.5. The molecule has 6 nitrogen and oxygen atoms in total. The summed E-state index contributed by atoms with van der Waals surface area (Å²) in [6.45, 7) is 6.32. The minimum Gasteiger partial charge on any atom is -0.370 e. The predicted molar refractivity (Wildman–Crippen MR) is 124 cm³/mol. The van der Waals surface area contributed by atoms with E-state index in [4.69, 9.17) is 0 Å². The molecule has 4 rings (SSSR count). The topological polar surface area (TPSA) is 67.2 Å². The lowest BCUT2D eigenvalue weighted by atomic mass is 10.1. The number of hydrogen-bond acceptors (Lipinski definition) is 5. The van der Waals surface area contributed by atoms with Gasteiger partial charge in [-0.1, -0.05) is 30.3 Å². The first-order chi connectivity index (χ1) is 14.5. The highest BCUT2D eigenvalue weighted by atomic mass is 32.2. The van der Waals surface area contributed by atoms with Gasteiger partial charge in [0.25, 0.3) is 11.5 Å². The number of nitrogens with one attached hydrogen (secondary N) is 1. The van der Waals surface area contributed by atoms with Crippen molar-refractivity contribution in [2.24, 2.45) is 0 Å². The van der Waals surface area contributed by atoms with Crippen LogP contribution in [0.5, 0.6) is 0 Å². The monoisotopic (exact) mass is 422 g/mol. The van der Waals surface area contributed by atoms with Crippen LogP contribution >= 0.6 is 11.8 Å². The van der Waals surface area contributed by atoms with E-state index in [1.807, 2.05) is 31.7 Å². The maximum Gasteiger partial charge on any atom is 0.274 e. The van der Waals surface area contributed by atoms with Crippen molar-refractivity contribution in [1.82, 2.24) is 15.1 Å². The SMILES string of the molecule is CC(C)n1nc(C(=O)NCc2ccc(N3CCSCC3)cc2)c2ccccc2c1=O. The van der Waals surface area contributed by atoms with E-state index >= 15 is 0 Å². The zero-order valence-corrected chi connectivity index (χ0v) is 18.1. The Bertz CT molecular complexity index is 1100. The Labute approximate surface area is 180 Å². The van der Waals surface area contributed by atoms with Crippen LogP contribution in [0, 0.1) is 0 Å². The number of nitrogens with zero attached hydrogens (tertiary/aromatic N) is 3. The molecule has 156 valence electrons. The molecule has 1 aliphatic heterocycles. The highest BCUT2D eigenvalue weighted by Gasteiger charge is 2.18. The molecule has 1 N–H and O–H groups in total. The fourth-order valence-corrected chi connectivity index (χ4v) is 4.54. The number of amides is 1. The van der Waals surface area contributed by atoms with E-state index in [2.05, 4.69) is 39.6 Å². The van der Waals surface area contributed by atoms with Gasteiger partial charge in [0.15, 0.2) is 5.69 Å². The molecule has 0 aliphatic carbocycles. The molecule has 0 radical (unpaired) electrons. The van der Waals surface area contributed by atoms with E-state index < -0.39 is 0 Å². The first-order valence-electron chi connectivity index (χ1n) is 10.3. The Morgan fingerprint density at radius 1 is 1.07 bits per heavy atom. The van der Waals surface area contributed by atoms with Crippen LogP contribution in [0.15, 0.2) is 53.3 Å². The second kappa shape index (κ2) is 8.92. The van der Waals surface area contributed by atoms with Gasteiger partial charge in [-0.25, -0.2) is 4.68 Å². The van der Waals surface area contributed by atoms with Crippen molar-refractivity contribution in [2.75, 3.05) is 29.5 Å². The summed E-state index contributed by atoms with van der Waals surface area (Å²) in [5.74, 6) is 2.05. The number of anilines is 1. The Balaban J connectivity index is 1.52. The fraction of sp³-hybridized carbons (Fsp3) is 0.348. The summed E-state index contributed by atoms with van der Waals surface area (Å²) < 4.78 is 1.38. The number of fused-ring (bicyclic) bond motifs is 1. The van der Waals surface area contributed by atoms with Crippen LogP contribution in [0.1, 0.15) is 35.9 Å². The summed E-state index contributed by atoms with van der Waals surface area (Å²) in [6.07, 6.45) is 0. The summed E-state index contributed by atoms with van der Waals surface area (Å²) in [4.78, 5) is 28.0. The minimum absolute atomic E-state index is 0.130. The van der Waals surface area contributed by atoms with Gasteiger partial charge in [0.2, 0.25) is 0 Å². The number of aromatic nitrogens is 2. The lowest BCUT2D eigenvalue weighted by Gasteiger charge is -2.28. The van der Waals surface area contributed by atoms with Crippen molar-refractivity contribution in [3.63, 3.8) is 0 Å². The molecule has 0 saturated carbocycles. The maximum absolute atomic E-state index is 12.9. The molecule has 0 unspecified atom stereocenters. The van der Waals surface area contributed by atoms with Crippen molar-refractivity contribution in [3.05, 3.63) is 70.1 Å². The lowest BCUT2D eigenvalue weighted by molar-refractivity contribution is 0.0945. The van der Waals surface area contributed by atoms with Crippen LogP contribution in [-0.4, -0.2) is 40.3 Å². The van der Waals surface area contributed by atoms with Crippen LogP contribution < -0.4 is 15.8 Å². The first-order valence-corrected chi connectivity index (χ1v) is 11.4. The third-order valence-electron chi connectivity index (χ3n) is 5.30. The average molecular weight is 423 g/mol. The summed E-state index contributed by atoms with van der Waals surface area (Å²) >= 11 is 1.99. The number of hydrogen-bond donors (Lipinski definition) is 1. The second-order valence-corrected chi connectivity index (χ2v) is 8.91. The number of rotatable bonds is 5. The molecule has 1 amide bonds. The maximum atomic E-state index is 12.9. The third-order valence-corrected chi connectivity index (χ3v) is 6.24. The van der Waals surface area contributed by atoms with Crippen LogP contribution in [0.4, 0.5) is 5.69 Å². The van der Waals surface area contributed by atoms with Crippen molar-refractivity contribution >= 4 is 34.1 Å². The van der Waals surface area contributed by atoms with Gasteiger partial charge >= 0.3 is 0 Å². The Morgan fingerprint density at radius 2 is 1.73 bits per heavy atom. The molecule has 0 spiro atoms. The van der Waals surface area contributed by atoms with Crippen molar-refractivity contribution < 1.29 is 4.79 Å². The van der Waals surface area contributed by atoms with Crippen molar-refractivity contribution in [3.8, 4) is 0 Å². The van der Waals surface area contributed by atoms with E-state index in [-0.39, 0.29) is 23.2 Å². The summed E-state index contributed by atoms with van der Waals surface area (Å²) in [7, 11) is 0. The van der Waals surface area contributed by atoms with E-state index in [0.29, 0.717) is 17.3 Å². The molecule has 3 aromatic rings. The lowest BCUT2D eigenvalue weighted by Crippen LogP contribution is -2.32. The Kier molecular flexibility index (Phi) is 6.08. The highest BCUT2D eigenvalue weighted by Crippen LogP contribution is 2.20. The van der Waals surface area contributed by atoms with Crippen molar-refractivity contribution in [2.45, 2.75) is 26.4 Å². The van der Waals surface area contributed by atoms with Gasteiger partial charge in [-0.05, 0) is 37.6 Å². The molecule has 2 aromatic carbocycles. The van der Waals surface area contributed by atoms with Gasteiger partial charge in [-0.2, -0.15) is 16.9 Å². The highest BCUT2D eigenvalue weighted by molar-refractivity contribution is 7.99. The van der Waals surface area contributed by atoms with E-state index in [1.54, 1.807) is 18.2 Å². The number of carbonyl (C=O) groups is 1. The Hall–Kier alpha value is -2.80. The molecular weight excluding hydrogens is 396 g/mol. The third kappa shape index (κ3) is 4.21. The van der Waals surface area contributed by atoms with Crippen LogP contribution in [0.25, 0.3) is 10.8 Å². The molecular formula is C23H26N4O2S. The second-order valence-electron chi connectivity index (χ2n) is 7.69. The molecule has 0 bridgehead atoms. The fourth-order valence-electron chi connectivity index (χ4n) is 3.64. The predicted octanol–water partition coefficient (Wildman–Crippen LogP) is 3.46. The van der Waals surface area contributed by atoms with Gasteiger partial charge in [0.05, 0.1) is 11.4 Å². The van der Waals surface area contributed by atoms with Crippen LogP contribution in [0.2, 0.25) is 0 Å². The van der Waals surface area contributed by atoms with Gasteiger partial charge in [-0.15, -0.1) is 0 Å². The van der Waals surface area contributed by atoms with Gasteiger partial charge in [0, 0.05) is 42.2 Å². The average Bonchev–Trinajstić information content (AvgIpc) is 2.78. The van der Waals surface area contributed by atoms with E-state index in [0.717, 1.165) is 30.2 Å². The molecule has 7 heteroatoms. The Morgan fingerprint density at radius 3 is 2.40 bits per heavy atom. The summed E-state index contributed by atoms with van der Waals surface area (Å²) in [6, 6.07) is 15.3. The number of carbonyl (C=O) groups excluding carboxylic acids is 1. The minimum atomic E-state index is -0.280. The standard InChI is InChI=1S/C23H26N4O2S/c1-16(2)27-23(29)20-6-4-3-5-19(20)21(25-27)22(28)24-15-17-7-9-18(10-8-17)26-11-13-30-14-12-26/h3-10,16H,11-15H2,1-2H3,(H,24,28). The van der Waals surface area contributed by atoms with E-state index in [9.17, 15) is 9.59 Å². The van der Waals surface area contributed by atoms with E-state index in [1.165, 1.54) is 10.4 Å². The largest absolute Gasteiger partial charge is 0.370 e. The van der Waals surface area contributed by atoms with Gasteiger partial charge in [-0.3, -0.25) is 9.59 Å². The summed E-state index contributed by atoms with van der Waals surface area (Å²) in [5, 5.41) is 8.42. The van der Waals surface area contributed by atoms with Crippen LogP contribution in [0.3, 0.4) is 0 Å². The zero-order chi connectivity index (χ0) is 21.1. The summed E-state index contributed by atoms with van der Waals surface area (Å²) in [5.41, 5.74) is 2.35. The number of benzene rings is 2. The smallest absolute Gasteiger partial charge is 0.274 e. The molecule has 1 fully saturated rings. The van der Waals surface area contributed by atoms with Gasteiger partial charge in [0.1, 0.15) is 0 Å². The molecule has 2 heterocycles. The molecule has 1 aliphatic rings. The molecule has 0 atom stereocenters.